The number of aromatic nitrogens is 2. The largest absolute Gasteiger partial charge is 0.353 e. The summed E-state index contributed by atoms with van der Waals surface area (Å²) in [7, 11) is 0. The lowest BCUT2D eigenvalue weighted by atomic mass is 10.0. The van der Waals surface area contributed by atoms with Crippen LogP contribution in [-0.2, 0) is 22.7 Å². The number of nitrogens with zero attached hydrogens (tertiary/aromatic N) is 5. The van der Waals surface area contributed by atoms with Gasteiger partial charge in [-0.05, 0) is 23.1 Å². The number of carbonyl (C=O) groups is 2. The monoisotopic (exact) mass is 438 g/mol. The first-order chi connectivity index (χ1) is 15.1. The second kappa shape index (κ2) is 8.57. The fraction of sp³-hybridized carbons (Fsp3) is 0.455. The number of carbonyl (C=O) groups excluding carboxylic acids is 2. The Morgan fingerprint density at radius 2 is 1.97 bits per heavy atom. The SMILES string of the molecule is O=C1CCC(N2Cc3c(CN4CCN(c5cnccn5)CC4)cccc3C2S)C(=O)N1. The van der Waals surface area contributed by atoms with E-state index in [1.807, 2.05) is 6.20 Å². The standard InChI is InChI=1S/C22H26N6O2S/c29-20-5-4-18(21(30)25-20)28-14-17-15(2-1-3-16(17)22(28)31)13-26-8-10-27(11-9-26)19-12-23-6-7-24-19/h1-3,6-7,12,18,22,31H,4-5,8-11,13-14H2,(H,25,29,30). The van der Waals surface area contributed by atoms with Gasteiger partial charge in [-0.1, -0.05) is 18.2 Å². The number of amides is 2. The zero-order valence-corrected chi connectivity index (χ0v) is 18.2. The summed E-state index contributed by atoms with van der Waals surface area (Å²) in [4.78, 5) is 39.4. The minimum atomic E-state index is -0.309. The fourth-order valence-electron chi connectivity index (χ4n) is 4.79. The van der Waals surface area contributed by atoms with Crippen LogP contribution in [0.2, 0.25) is 0 Å². The number of fused-ring (bicyclic) bond motifs is 1. The molecular weight excluding hydrogens is 412 g/mol. The number of nitrogens with one attached hydrogen (secondary N) is 1. The molecule has 1 aromatic carbocycles. The van der Waals surface area contributed by atoms with Gasteiger partial charge < -0.3 is 4.90 Å². The Hall–Kier alpha value is -2.49. The lowest BCUT2D eigenvalue weighted by Gasteiger charge is -2.35. The number of benzene rings is 1. The molecule has 2 aromatic rings. The van der Waals surface area contributed by atoms with E-state index < -0.39 is 0 Å². The smallest absolute Gasteiger partial charge is 0.243 e. The number of hydrogen-bond acceptors (Lipinski definition) is 8. The highest BCUT2D eigenvalue weighted by Crippen LogP contribution is 2.40. The predicted molar refractivity (Wildman–Crippen MR) is 119 cm³/mol. The van der Waals surface area contributed by atoms with Crippen molar-refractivity contribution in [2.75, 3.05) is 31.1 Å². The van der Waals surface area contributed by atoms with E-state index in [4.69, 9.17) is 12.6 Å². The van der Waals surface area contributed by atoms with Crippen molar-refractivity contribution < 1.29 is 9.59 Å². The number of anilines is 1. The highest BCUT2D eigenvalue weighted by molar-refractivity contribution is 7.80. The molecule has 0 aliphatic carbocycles. The molecule has 8 nitrogen and oxygen atoms in total. The van der Waals surface area contributed by atoms with Crippen molar-refractivity contribution in [3.05, 3.63) is 53.5 Å². The van der Waals surface area contributed by atoms with Crippen LogP contribution in [0.4, 0.5) is 5.82 Å². The first-order valence-corrected chi connectivity index (χ1v) is 11.2. The molecule has 9 heteroatoms. The molecule has 2 fully saturated rings. The molecule has 0 saturated carbocycles. The maximum absolute atomic E-state index is 12.4. The maximum atomic E-state index is 12.4. The lowest BCUT2D eigenvalue weighted by Crippen LogP contribution is -2.51. The molecule has 0 radical (unpaired) electrons. The van der Waals surface area contributed by atoms with Crippen molar-refractivity contribution in [1.29, 1.82) is 0 Å². The summed E-state index contributed by atoms with van der Waals surface area (Å²) < 4.78 is 0. The van der Waals surface area contributed by atoms with Crippen LogP contribution in [0, 0.1) is 0 Å². The Morgan fingerprint density at radius 1 is 1.13 bits per heavy atom. The minimum Gasteiger partial charge on any atom is -0.353 e. The van der Waals surface area contributed by atoms with E-state index in [0.29, 0.717) is 19.4 Å². The summed E-state index contributed by atoms with van der Waals surface area (Å²) >= 11 is 4.83. The van der Waals surface area contributed by atoms with Gasteiger partial charge in [-0.15, -0.1) is 0 Å². The third-order valence-corrected chi connectivity index (χ3v) is 7.07. The van der Waals surface area contributed by atoms with E-state index >= 15 is 0 Å². The van der Waals surface area contributed by atoms with Crippen molar-refractivity contribution in [1.82, 2.24) is 25.1 Å². The molecule has 2 amide bonds. The molecule has 2 unspecified atom stereocenters. The van der Waals surface area contributed by atoms with Gasteiger partial charge in [-0.2, -0.15) is 12.6 Å². The quantitative estimate of drug-likeness (QED) is 0.551. The second-order valence-corrected chi connectivity index (χ2v) is 8.81. The van der Waals surface area contributed by atoms with Gasteiger partial charge in [-0.25, -0.2) is 4.98 Å². The topological polar surface area (TPSA) is 81.7 Å². The summed E-state index contributed by atoms with van der Waals surface area (Å²) in [6.45, 7) is 5.33. The second-order valence-electron chi connectivity index (χ2n) is 8.32. The number of hydrogen-bond donors (Lipinski definition) is 2. The molecule has 2 atom stereocenters. The molecule has 2 saturated heterocycles. The molecule has 5 rings (SSSR count). The Bertz CT molecular complexity index is 979. The van der Waals surface area contributed by atoms with Crippen LogP contribution in [0.25, 0.3) is 0 Å². The molecule has 1 N–H and O–H groups in total. The minimum absolute atomic E-state index is 0.132. The number of piperidine rings is 1. The van der Waals surface area contributed by atoms with Crippen LogP contribution < -0.4 is 10.2 Å². The number of thiol groups is 1. The summed E-state index contributed by atoms with van der Waals surface area (Å²) in [6.07, 6.45) is 6.18. The predicted octanol–water partition coefficient (Wildman–Crippen LogP) is 1.35. The number of piperazine rings is 1. The maximum Gasteiger partial charge on any atom is 0.243 e. The van der Waals surface area contributed by atoms with Gasteiger partial charge in [0.05, 0.1) is 17.6 Å². The summed E-state index contributed by atoms with van der Waals surface area (Å²) in [5.74, 6) is 0.542. The van der Waals surface area contributed by atoms with Crippen LogP contribution >= 0.6 is 12.6 Å². The molecule has 3 aliphatic rings. The van der Waals surface area contributed by atoms with Crippen molar-refractivity contribution in [2.45, 2.75) is 37.3 Å². The zero-order valence-electron chi connectivity index (χ0n) is 17.3. The fourth-order valence-corrected chi connectivity index (χ4v) is 5.28. The first-order valence-electron chi connectivity index (χ1n) is 10.7. The third kappa shape index (κ3) is 4.05. The average Bonchev–Trinajstić information content (AvgIpc) is 3.12. The number of imide groups is 1. The van der Waals surface area contributed by atoms with Crippen molar-refractivity contribution >= 4 is 30.3 Å². The van der Waals surface area contributed by atoms with Crippen molar-refractivity contribution in [3.8, 4) is 0 Å². The van der Waals surface area contributed by atoms with Crippen molar-refractivity contribution in [2.24, 2.45) is 0 Å². The van der Waals surface area contributed by atoms with Gasteiger partial charge >= 0.3 is 0 Å². The molecule has 0 spiro atoms. The molecule has 4 heterocycles. The van der Waals surface area contributed by atoms with Gasteiger partial charge in [0.2, 0.25) is 11.8 Å². The number of rotatable bonds is 4. The Kier molecular flexibility index (Phi) is 5.64. The third-order valence-electron chi connectivity index (χ3n) is 6.49. The first kappa shape index (κ1) is 20.4. The van der Waals surface area contributed by atoms with E-state index in [1.54, 1.807) is 12.4 Å². The van der Waals surface area contributed by atoms with Gasteiger partial charge in [-0.3, -0.25) is 29.7 Å². The van der Waals surface area contributed by atoms with E-state index in [2.05, 4.69) is 48.2 Å². The summed E-state index contributed by atoms with van der Waals surface area (Å²) in [5.41, 5.74) is 3.73. The molecule has 1 aromatic heterocycles. The normalized spacial score (nSPS) is 24.9. The lowest BCUT2D eigenvalue weighted by molar-refractivity contribution is -0.137. The average molecular weight is 439 g/mol. The van der Waals surface area contributed by atoms with Gasteiger partial charge in [0.15, 0.2) is 0 Å². The molecule has 3 aliphatic heterocycles. The van der Waals surface area contributed by atoms with E-state index in [0.717, 1.165) is 38.5 Å². The van der Waals surface area contributed by atoms with Crippen LogP contribution in [0.5, 0.6) is 0 Å². The van der Waals surface area contributed by atoms with Crippen LogP contribution in [0.1, 0.15) is 34.9 Å². The van der Waals surface area contributed by atoms with Gasteiger partial charge in [0, 0.05) is 58.1 Å². The highest BCUT2D eigenvalue weighted by atomic mass is 32.1. The van der Waals surface area contributed by atoms with E-state index in [-0.39, 0.29) is 23.2 Å². The molecule has 162 valence electrons. The van der Waals surface area contributed by atoms with Crippen LogP contribution in [0.3, 0.4) is 0 Å². The zero-order chi connectivity index (χ0) is 21.4. The summed E-state index contributed by atoms with van der Waals surface area (Å²) in [5, 5.41) is 2.34. The van der Waals surface area contributed by atoms with Crippen LogP contribution in [0.15, 0.2) is 36.8 Å². The summed E-state index contributed by atoms with van der Waals surface area (Å²) in [6, 6.07) is 6.06. The van der Waals surface area contributed by atoms with E-state index in [1.165, 1.54) is 16.7 Å². The molecule has 0 bridgehead atoms. The Balaban J connectivity index is 1.26. The van der Waals surface area contributed by atoms with Gasteiger partial charge in [0.25, 0.3) is 0 Å². The highest BCUT2D eigenvalue weighted by Gasteiger charge is 2.39. The molecule has 31 heavy (non-hydrogen) atoms. The van der Waals surface area contributed by atoms with Crippen LogP contribution in [-0.4, -0.2) is 63.8 Å². The Morgan fingerprint density at radius 3 is 2.71 bits per heavy atom. The molecular formula is C22H26N6O2S. The van der Waals surface area contributed by atoms with Crippen molar-refractivity contribution in [3.63, 3.8) is 0 Å². The Labute approximate surface area is 187 Å². The van der Waals surface area contributed by atoms with Gasteiger partial charge in [0.1, 0.15) is 5.82 Å². The van der Waals surface area contributed by atoms with E-state index in [9.17, 15) is 9.59 Å².